The Balaban J connectivity index is 3.25. The van der Waals surface area contributed by atoms with E-state index in [-0.39, 0.29) is 22.2 Å². The second kappa shape index (κ2) is 4.62. The van der Waals surface area contributed by atoms with Crippen LogP contribution < -0.4 is 4.74 Å². The molecule has 0 aliphatic rings. The van der Waals surface area contributed by atoms with E-state index in [1.807, 2.05) is 0 Å². The summed E-state index contributed by atoms with van der Waals surface area (Å²) in [6, 6.07) is 2.45. The molecule has 1 rings (SSSR count). The number of hydrogen-bond donors (Lipinski definition) is 0. The summed E-state index contributed by atoms with van der Waals surface area (Å²) in [6.07, 6.45) is 0. The van der Waals surface area contributed by atoms with Crippen LogP contribution in [0, 0.1) is 5.82 Å². The number of alkyl halides is 1. The Morgan fingerprint density at radius 2 is 2.21 bits per heavy atom. The van der Waals surface area contributed by atoms with Gasteiger partial charge in [0.2, 0.25) is 0 Å². The van der Waals surface area contributed by atoms with Gasteiger partial charge >= 0.3 is 0 Å². The van der Waals surface area contributed by atoms with Crippen molar-refractivity contribution < 1.29 is 13.9 Å². The first kappa shape index (κ1) is 11.3. The number of ketones is 1. The minimum absolute atomic E-state index is 0.00694. The maximum absolute atomic E-state index is 13.3. The summed E-state index contributed by atoms with van der Waals surface area (Å²) in [6.45, 7) is 0. The lowest BCUT2D eigenvalue weighted by atomic mass is 10.1. The predicted molar refractivity (Wildman–Crippen MR) is 53.0 cm³/mol. The summed E-state index contributed by atoms with van der Waals surface area (Å²) in [5, 5.41) is 0.00694. The second-order valence-electron chi connectivity index (χ2n) is 2.52. The molecule has 0 N–H and O–H groups in total. The van der Waals surface area contributed by atoms with E-state index in [4.69, 9.17) is 27.9 Å². The fraction of sp³-hybridized carbons (Fsp3) is 0.222. The van der Waals surface area contributed by atoms with Gasteiger partial charge in [-0.15, -0.1) is 11.6 Å². The van der Waals surface area contributed by atoms with Crippen molar-refractivity contribution in [2.24, 2.45) is 0 Å². The van der Waals surface area contributed by atoms with Gasteiger partial charge in [-0.3, -0.25) is 4.79 Å². The summed E-state index contributed by atoms with van der Waals surface area (Å²) in [7, 11) is 1.38. The Morgan fingerprint density at radius 1 is 1.57 bits per heavy atom. The summed E-state index contributed by atoms with van der Waals surface area (Å²) in [5.74, 6) is -1.31. The third kappa shape index (κ3) is 2.16. The molecule has 0 saturated heterocycles. The summed E-state index contributed by atoms with van der Waals surface area (Å²) >= 11 is 11.0. The molecule has 76 valence electrons. The van der Waals surface area contributed by atoms with E-state index in [9.17, 15) is 9.18 Å². The highest BCUT2D eigenvalue weighted by Crippen LogP contribution is 2.26. The summed E-state index contributed by atoms with van der Waals surface area (Å²) < 4.78 is 18.1. The predicted octanol–water partition coefficient (Wildman–Crippen LogP) is 2.91. The van der Waals surface area contributed by atoms with Gasteiger partial charge in [0.1, 0.15) is 11.6 Å². The van der Waals surface area contributed by atoms with E-state index < -0.39 is 11.6 Å². The van der Waals surface area contributed by atoms with Crippen LogP contribution >= 0.6 is 23.2 Å². The molecule has 0 bridgehead atoms. The van der Waals surface area contributed by atoms with Crippen LogP contribution in [0.1, 0.15) is 10.4 Å². The molecule has 0 atom stereocenters. The van der Waals surface area contributed by atoms with Gasteiger partial charge < -0.3 is 4.74 Å². The molecule has 1 aromatic rings. The Bertz CT molecular complexity index is 343. The van der Waals surface area contributed by atoms with Crippen LogP contribution in [-0.4, -0.2) is 18.8 Å². The number of ether oxygens (including phenoxy) is 1. The molecule has 14 heavy (non-hydrogen) atoms. The first-order valence-electron chi connectivity index (χ1n) is 3.72. The number of carbonyl (C=O) groups is 1. The van der Waals surface area contributed by atoms with Gasteiger partial charge in [0, 0.05) is 6.07 Å². The maximum atomic E-state index is 13.3. The van der Waals surface area contributed by atoms with E-state index in [2.05, 4.69) is 0 Å². The molecule has 0 saturated carbocycles. The quantitative estimate of drug-likeness (QED) is 0.596. The maximum Gasteiger partial charge on any atom is 0.182 e. The topological polar surface area (TPSA) is 26.3 Å². The van der Waals surface area contributed by atoms with Crippen LogP contribution in [0.2, 0.25) is 5.02 Å². The largest absolute Gasteiger partial charge is 0.497 e. The Labute approximate surface area is 90.6 Å². The fourth-order valence-corrected chi connectivity index (χ4v) is 1.44. The zero-order valence-corrected chi connectivity index (χ0v) is 8.82. The zero-order valence-electron chi connectivity index (χ0n) is 7.31. The van der Waals surface area contributed by atoms with E-state index in [1.165, 1.54) is 13.2 Å². The van der Waals surface area contributed by atoms with Gasteiger partial charge in [-0.25, -0.2) is 4.39 Å². The highest BCUT2D eigenvalue weighted by atomic mass is 35.5. The fourth-order valence-electron chi connectivity index (χ4n) is 1.00. The van der Waals surface area contributed by atoms with Gasteiger partial charge in [-0.2, -0.15) is 0 Å². The Hall–Kier alpha value is -0.800. The molecule has 0 heterocycles. The van der Waals surface area contributed by atoms with Crippen molar-refractivity contribution >= 4 is 29.0 Å². The van der Waals surface area contributed by atoms with Crippen LogP contribution in [0.25, 0.3) is 0 Å². The van der Waals surface area contributed by atoms with Crippen molar-refractivity contribution in [1.29, 1.82) is 0 Å². The van der Waals surface area contributed by atoms with Gasteiger partial charge in [0.25, 0.3) is 0 Å². The third-order valence-electron chi connectivity index (χ3n) is 1.65. The van der Waals surface area contributed by atoms with Crippen molar-refractivity contribution in [3.63, 3.8) is 0 Å². The van der Waals surface area contributed by atoms with Crippen LogP contribution in [0.4, 0.5) is 4.39 Å². The second-order valence-corrected chi connectivity index (χ2v) is 3.20. The van der Waals surface area contributed by atoms with Crippen LogP contribution in [0.5, 0.6) is 5.75 Å². The zero-order chi connectivity index (χ0) is 10.7. The average Bonchev–Trinajstić information content (AvgIpc) is 2.16. The van der Waals surface area contributed by atoms with Crippen molar-refractivity contribution in [3.8, 4) is 5.75 Å². The first-order valence-corrected chi connectivity index (χ1v) is 4.63. The van der Waals surface area contributed by atoms with E-state index >= 15 is 0 Å². The minimum Gasteiger partial charge on any atom is -0.497 e. The number of benzene rings is 1. The smallest absolute Gasteiger partial charge is 0.182 e. The standard InChI is InChI=1S/C9H7Cl2FO2/c1-14-5-2-6(11)9(7(12)3-5)8(13)4-10/h2-3H,4H2,1H3. The normalized spacial score (nSPS) is 10.0. The summed E-state index contributed by atoms with van der Waals surface area (Å²) in [4.78, 5) is 11.2. The molecule has 0 aliphatic carbocycles. The average molecular weight is 237 g/mol. The van der Waals surface area contributed by atoms with Crippen molar-refractivity contribution in [2.45, 2.75) is 0 Å². The molecular formula is C9H7Cl2FO2. The molecular weight excluding hydrogens is 230 g/mol. The lowest BCUT2D eigenvalue weighted by Crippen LogP contribution is -2.05. The number of carbonyl (C=O) groups excluding carboxylic acids is 1. The molecule has 5 heteroatoms. The van der Waals surface area contributed by atoms with Crippen molar-refractivity contribution in [3.05, 3.63) is 28.5 Å². The van der Waals surface area contributed by atoms with Crippen LogP contribution in [0.3, 0.4) is 0 Å². The number of hydrogen-bond acceptors (Lipinski definition) is 2. The highest BCUT2D eigenvalue weighted by molar-refractivity contribution is 6.37. The van der Waals surface area contributed by atoms with E-state index in [1.54, 1.807) is 0 Å². The Morgan fingerprint density at radius 3 is 2.64 bits per heavy atom. The lowest BCUT2D eigenvalue weighted by molar-refractivity contribution is 0.101. The number of Topliss-reactive ketones (excluding diaryl/α,β-unsaturated/α-hetero) is 1. The van der Waals surface area contributed by atoms with Crippen molar-refractivity contribution in [1.82, 2.24) is 0 Å². The molecule has 0 spiro atoms. The number of rotatable bonds is 3. The van der Waals surface area contributed by atoms with Crippen LogP contribution in [-0.2, 0) is 0 Å². The highest BCUT2D eigenvalue weighted by Gasteiger charge is 2.16. The van der Waals surface area contributed by atoms with Crippen LogP contribution in [0.15, 0.2) is 12.1 Å². The summed E-state index contributed by atoms with van der Waals surface area (Å²) in [5.41, 5.74) is -0.192. The molecule has 0 aliphatic heterocycles. The Kier molecular flexibility index (Phi) is 3.72. The number of methoxy groups -OCH3 is 1. The lowest BCUT2D eigenvalue weighted by Gasteiger charge is -2.05. The first-order chi connectivity index (χ1) is 6.60. The van der Waals surface area contributed by atoms with Gasteiger partial charge in [0.15, 0.2) is 5.78 Å². The molecule has 0 unspecified atom stereocenters. The SMILES string of the molecule is COc1cc(F)c(C(=O)CCl)c(Cl)c1. The molecule has 2 nitrogen and oxygen atoms in total. The molecule has 0 amide bonds. The molecule has 0 fully saturated rings. The van der Waals surface area contributed by atoms with Crippen molar-refractivity contribution in [2.75, 3.05) is 13.0 Å². The molecule has 0 aromatic heterocycles. The third-order valence-corrected chi connectivity index (χ3v) is 2.19. The minimum atomic E-state index is -0.722. The molecule has 0 radical (unpaired) electrons. The number of halogens is 3. The van der Waals surface area contributed by atoms with E-state index in [0.29, 0.717) is 0 Å². The van der Waals surface area contributed by atoms with Gasteiger partial charge in [-0.05, 0) is 6.07 Å². The monoisotopic (exact) mass is 236 g/mol. The van der Waals surface area contributed by atoms with Gasteiger partial charge in [0.05, 0.1) is 23.6 Å². The van der Waals surface area contributed by atoms with E-state index in [0.717, 1.165) is 6.07 Å². The van der Waals surface area contributed by atoms with Gasteiger partial charge in [-0.1, -0.05) is 11.6 Å². The molecule has 1 aromatic carbocycles.